The molecule has 1 aromatic rings. The summed E-state index contributed by atoms with van der Waals surface area (Å²) >= 11 is 0. The fourth-order valence-corrected chi connectivity index (χ4v) is 2.55. The summed E-state index contributed by atoms with van der Waals surface area (Å²) in [5.74, 6) is 0.626. The molecule has 1 aliphatic heterocycles. The Balaban J connectivity index is 2.29. The molecule has 0 amide bonds. The summed E-state index contributed by atoms with van der Waals surface area (Å²) in [6, 6.07) is 1.89. The molecular weight excluding hydrogens is 270 g/mol. The van der Waals surface area contributed by atoms with E-state index in [0.29, 0.717) is 51.1 Å². The van der Waals surface area contributed by atoms with Crippen molar-refractivity contribution in [1.29, 1.82) is 0 Å². The lowest BCUT2D eigenvalue weighted by Gasteiger charge is -2.35. The Morgan fingerprint density at radius 1 is 1.48 bits per heavy atom. The molecule has 1 aliphatic rings. The first-order chi connectivity index (χ1) is 10.1. The van der Waals surface area contributed by atoms with Gasteiger partial charge in [-0.3, -0.25) is 4.79 Å². The standard InChI is InChI=1S/C15H25N3O3/c1-4-21-15(5-7-20-8-6-15)14-17-12(9-13(19)18-14)10-16-11(2)3/h9,11,16H,4-8,10H2,1-3H3,(H,17,18,19). The second kappa shape index (κ2) is 7.15. The largest absolute Gasteiger partial charge is 0.381 e. The highest BCUT2D eigenvalue weighted by molar-refractivity contribution is 5.10. The molecule has 0 aromatic carbocycles. The average molecular weight is 295 g/mol. The zero-order valence-electron chi connectivity index (χ0n) is 13.1. The van der Waals surface area contributed by atoms with E-state index in [1.165, 1.54) is 6.07 Å². The molecule has 21 heavy (non-hydrogen) atoms. The van der Waals surface area contributed by atoms with E-state index in [2.05, 4.69) is 29.1 Å². The third-order valence-corrected chi connectivity index (χ3v) is 3.64. The lowest BCUT2D eigenvalue weighted by molar-refractivity contribution is -0.118. The third kappa shape index (κ3) is 4.12. The van der Waals surface area contributed by atoms with Gasteiger partial charge in [-0.25, -0.2) is 4.98 Å². The predicted octanol–water partition coefficient (Wildman–Crippen LogP) is 1.31. The van der Waals surface area contributed by atoms with Crippen LogP contribution in [0.2, 0.25) is 0 Å². The van der Waals surface area contributed by atoms with E-state index < -0.39 is 5.60 Å². The summed E-state index contributed by atoms with van der Waals surface area (Å²) in [5, 5.41) is 3.28. The number of aromatic amines is 1. The summed E-state index contributed by atoms with van der Waals surface area (Å²) < 4.78 is 11.4. The van der Waals surface area contributed by atoms with Gasteiger partial charge in [0, 0.05) is 51.3 Å². The number of ether oxygens (including phenoxy) is 2. The maximum atomic E-state index is 11.9. The molecule has 118 valence electrons. The van der Waals surface area contributed by atoms with Crippen molar-refractivity contribution >= 4 is 0 Å². The molecule has 2 heterocycles. The van der Waals surface area contributed by atoms with Gasteiger partial charge in [-0.2, -0.15) is 0 Å². The molecule has 0 saturated carbocycles. The number of nitrogens with zero attached hydrogens (tertiary/aromatic N) is 1. The van der Waals surface area contributed by atoms with Crippen molar-refractivity contribution < 1.29 is 9.47 Å². The molecule has 0 bridgehead atoms. The van der Waals surface area contributed by atoms with Crippen LogP contribution in [0.4, 0.5) is 0 Å². The van der Waals surface area contributed by atoms with Gasteiger partial charge in [0.2, 0.25) is 0 Å². The summed E-state index contributed by atoms with van der Waals surface area (Å²) in [6.07, 6.45) is 1.43. The van der Waals surface area contributed by atoms with Crippen molar-refractivity contribution in [3.63, 3.8) is 0 Å². The van der Waals surface area contributed by atoms with Crippen molar-refractivity contribution in [2.24, 2.45) is 0 Å². The SMILES string of the molecule is CCOC1(c2nc(CNC(C)C)cc(=O)[nH]2)CCOCC1. The minimum absolute atomic E-state index is 0.133. The smallest absolute Gasteiger partial charge is 0.251 e. The lowest BCUT2D eigenvalue weighted by atomic mass is 9.92. The van der Waals surface area contributed by atoms with E-state index >= 15 is 0 Å². The van der Waals surface area contributed by atoms with Crippen molar-refractivity contribution in [2.75, 3.05) is 19.8 Å². The van der Waals surface area contributed by atoms with Gasteiger partial charge in [-0.15, -0.1) is 0 Å². The maximum absolute atomic E-state index is 11.9. The summed E-state index contributed by atoms with van der Waals surface area (Å²) in [7, 11) is 0. The fourth-order valence-electron chi connectivity index (χ4n) is 2.55. The fraction of sp³-hybridized carbons (Fsp3) is 0.733. The monoisotopic (exact) mass is 295 g/mol. The minimum Gasteiger partial charge on any atom is -0.381 e. The second-order valence-corrected chi connectivity index (χ2v) is 5.66. The lowest BCUT2D eigenvalue weighted by Crippen LogP contribution is -2.40. The maximum Gasteiger partial charge on any atom is 0.251 e. The number of nitrogens with one attached hydrogen (secondary N) is 2. The first kappa shape index (κ1) is 16.1. The van der Waals surface area contributed by atoms with E-state index in [1.54, 1.807) is 0 Å². The van der Waals surface area contributed by atoms with Crippen LogP contribution < -0.4 is 10.9 Å². The van der Waals surface area contributed by atoms with Gasteiger partial charge < -0.3 is 19.8 Å². The van der Waals surface area contributed by atoms with E-state index in [1.807, 2.05) is 6.92 Å². The van der Waals surface area contributed by atoms with E-state index in [4.69, 9.17) is 9.47 Å². The van der Waals surface area contributed by atoms with E-state index in [-0.39, 0.29) is 5.56 Å². The summed E-state index contributed by atoms with van der Waals surface area (Å²) in [6.45, 7) is 8.49. The summed E-state index contributed by atoms with van der Waals surface area (Å²) in [5.41, 5.74) is 0.0825. The predicted molar refractivity (Wildman–Crippen MR) is 80.2 cm³/mol. The zero-order valence-corrected chi connectivity index (χ0v) is 13.1. The van der Waals surface area contributed by atoms with E-state index in [9.17, 15) is 4.79 Å². The van der Waals surface area contributed by atoms with Crippen molar-refractivity contribution in [2.45, 2.75) is 51.8 Å². The molecule has 0 atom stereocenters. The van der Waals surface area contributed by atoms with Crippen LogP contribution >= 0.6 is 0 Å². The van der Waals surface area contributed by atoms with Gasteiger partial charge >= 0.3 is 0 Å². The van der Waals surface area contributed by atoms with Gasteiger partial charge in [-0.1, -0.05) is 13.8 Å². The molecule has 1 aromatic heterocycles. The molecule has 2 N–H and O–H groups in total. The number of hydrogen-bond donors (Lipinski definition) is 2. The molecule has 6 nitrogen and oxygen atoms in total. The average Bonchev–Trinajstić information content (AvgIpc) is 2.46. The van der Waals surface area contributed by atoms with Crippen molar-refractivity contribution in [3.8, 4) is 0 Å². The Morgan fingerprint density at radius 3 is 2.81 bits per heavy atom. The highest BCUT2D eigenvalue weighted by Gasteiger charge is 2.37. The van der Waals surface area contributed by atoms with Gasteiger partial charge in [0.1, 0.15) is 11.4 Å². The molecule has 2 rings (SSSR count). The molecule has 1 saturated heterocycles. The topological polar surface area (TPSA) is 76.2 Å². The van der Waals surface area contributed by atoms with Crippen LogP contribution in [-0.4, -0.2) is 35.8 Å². The van der Waals surface area contributed by atoms with Crippen LogP contribution in [0, 0.1) is 0 Å². The van der Waals surface area contributed by atoms with Crippen LogP contribution in [0.5, 0.6) is 0 Å². The Hall–Kier alpha value is -1.24. The van der Waals surface area contributed by atoms with Crippen LogP contribution in [0.25, 0.3) is 0 Å². The molecule has 1 fully saturated rings. The van der Waals surface area contributed by atoms with Crippen molar-refractivity contribution in [3.05, 3.63) is 27.9 Å². The van der Waals surface area contributed by atoms with Crippen LogP contribution in [-0.2, 0) is 21.6 Å². The molecule has 0 radical (unpaired) electrons. The van der Waals surface area contributed by atoms with Gasteiger partial charge in [0.15, 0.2) is 0 Å². The van der Waals surface area contributed by atoms with Gasteiger partial charge in [0.25, 0.3) is 5.56 Å². The second-order valence-electron chi connectivity index (χ2n) is 5.66. The summed E-state index contributed by atoms with van der Waals surface area (Å²) in [4.78, 5) is 19.4. The Labute approximate surface area is 125 Å². The van der Waals surface area contributed by atoms with Crippen molar-refractivity contribution in [1.82, 2.24) is 15.3 Å². The number of hydrogen-bond acceptors (Lipinski definition) is 5. The van der Waals surface area contributed by atoms with E-state index in [0.717, 1.165) is 5.69 Å². The van der Waals surface area contributed by atoms with Gasteiger partial charge in [0.05, 0.1) is 5.69 Å². The normalized spacial score (nSPS) is 18.1. The Kier molecular flexibility index (Phi) is 5.50. The van der Waals surface area contributed by atoms with Crippen LogP contribution in [0.3, 0.4) is 0 Å². The molecule has 0 aliphatic carbocycles. The number of aromatic nitrogens is 2. The molecule has 0 spiro atoms. The van der Waals surface area contributed by atoms with Crippen LogP contribution in [0.1, 0.15) is 45.1 Å². The number of H-pyrrole nitrogens is 1. The first-order valence-electron chi connectivity index (χ1n) is 7.61. The number of rotatable bonds is 6. The molecule has 6 heteroatoms. The minimum atomic E-state index is -0.528. The molecular formula is C15H25N3O3. The quantitative estimate of drug-likeness (QED) is 0.827. The molecule has 0 unspecified atom stereocenters. The Bertz CT molecular complexity index is 502. The zero-order chi connectivity index (χ0) is 15.3. The van der Waals surface area contributed by atoms with Gasteiger partial charge in [-0.05, 0) is 6.92 Å². The third-order valence-electron chi connectivity index (χ3n) is 3.64. The Morgan fingerprint density at radius 2 is 2.19 bits per heavy atom. The van der Waals surface area contributed by atoms with Crippen LogP contribution in [0.15, 0.2) is 10.9 Å². The highest BCUT2D eigenvalue weighted by atomic mass is 16.5. The first-order valence-corrected chi connectivity index (χ1v) is 7.61. The highest BCUT2D eigenvalue weighted by Crippen LogP contribution is 2.33.